The van der Waals surface area contributed by atoms with E-state index in [-0.39, 0.29) is 0 Å². The lowest BCUT2D eigenvalue weighted by molar-refractivity contribution is 1.13. The fraction of sp³-hybridized carbons (Fsp3) is 0. The van der Waals surface area contributed by atoms with Gasteiger partial charge in [0.2, 0.25) is 0 Å². The Kier molecular flexibility index (Phi) is 16.7. The first-order valence-corrected chi connectivity index (χ1v) is 47.7. The molecule has 0 unspecified atom stereocenters. The van der Waals surface area contributed by atoms with Gasteiger partial charge in [0.25, 0.3) is 0 Å². The van der Waals surface area contributed by atoms with Gasteiger partial charge < -0.3 is 36.5 Å². The Morgan fingerprint density at radius 1 is 0.143 bits per heavy atom. The number of fused-ring (bicyclic) bond motifs is 24. The van der Waals surface area contributed by atoms with Crippen LogP contribution in [0.3, 0.4) is 0 Å². The summed E-state index contributed by atoms with van der Waals surface area (Å²) in [7, 11) is 0. The Labute approximate surface area is 800 Å². The van der Waals surface area contributed by atoms with Crippen LogP contribution in [0.4, 0.5) is 0 Å². The second-order valence-electron chi connectivity index (χ2n) is 36.8. The van der Waals surface area contributed by atoms with Crippen LogP contribution >= 0.6 is 0 Å². The molecule has 0 atom stereocenters. The van der Waals surface area contributed by atoms with Crippen LogP contribution in [0.2, 0.25) is 0 Å². The molecule has 30 rings (SSSR count). The molecule has 0 saturated heterocycles. The maximum Gasteiger partial charge on any atom is 0.160 e. The highest BCUT2D eigenvalue weighted by Gasteiger charge is 2.30. The number of hydrogen-bond donors (Lipinski definition) is 0. The summed E-state index contributed by atoms with van der Waals surface area (Å²) in [4.78, 5) is 22.0. The third-order valence-corrected chi connectivity index (χ3v) is 29.4. The second-order valence-corrected chi connectivity index (χ2v) is 36.8. The van der Waals surface area contributed by atoms with Crippen LogP contribution in [0.15, 0.2) is 474 Å². The van der Waals surface area contributed by atoms with E-state index >= 15 is 0 Å². The van der Waals surface area contributed by atoms with E-state index < -0.39 is 0 Å². The van der Waals surface area contributed by atoms with Crippen molar-refractivity contribution in [2.24, 2.45) is 0 Å². The van der Waals surface area contributed by atoms with E-state index in [1.807, 2.05) is 12.4 Å². The maximum atomic E-state index is 5.84. The van der Waals surface area contributed by atoms with E-state index in [1.54, 1.807) is 0 Å². The monoisotopic (exact) mass is 1780 g/mol. The van der Waals surface area contributed by atoms with Gasteiger partial charge in [0.15, 0.2) is 5.82 Å². The van der Waals surface area contributed by atoms with Crippen LogP contribution in [0.25, 0.3) is 276 Å². The van der Waals surface area contributed by atoms with E-state index in [0.717, 1.165) is 227 Å². The molecule has 12 nitrogen and oxygen atoms in total. The minimum Gasteiger partial charge on any atom is -0.309 e. The Hall–Kier alpha value is -19.0. The first-order chi connectivity index (χ1) is 69.5. The fourth-order valence-corrected chi connectivity index (χ4v) is 23.4. The zero-order valence-corrected chi connectivity index (χ0v) is 75.4. The molecule has 11 heterocycles. The van der Waals surface area contributed by atoms with Crippen molar-refractivity contribution in [3.05, 3.63) is 474 Å². The molecule has 19 aromatic carbocycles. The van der Waals surface area contributed by atoms with E-state index in [1.165, 1.54) is 43.1 Å². The van der Waals surface area contributed by atoms with Gasteiger partial charge in [-0.05, 0) is 176 Å². The number of nitrogens with zero attached hydrogens (tertiary/aromatic N) is 12. The summed E-state index contributed by atoms with van der Waals surface area (Å²) in [6, 6.07) is 165. The zero-order chi connectivity index (χ0) is 91.5. The summed E-state index contributed by atoms with van der Waals surface area (Å²) in [5.74, 6) is 0.585. The highest BCUT2D eigenvalue weighted by atomic mass is 15.1. The van der Waals surface area contributed by atoms with Crippen molar-refractivity contribution in [1.29, 1.82) is 0 Å². The molecule has 140 heavy (non-hydrogen) atoms. The molecule has 0 aliphatic rings. The Morgan fingerprint density at radius 2 is 0.364 bits per heavy atom. The van der Waals surface area contributed by atoms with Crippen LogP contribution in [-0.2, 0) is 0 Å². The number of para-hydroxylation sites is 12. The Balaban J connectivity index is 0.683. The van der Waals surface area contributed by atoms with Crippen molar-refractivity contribution in [1.82, 2.24) is 56.5 Å². The predicted octanol–water partition coefficient (Wildman–Crippen LogP) is 32.4. The first kappa shape index (κ1) is 77.4. The smallest absolute Gasteiger partial charge is 0.160 e. The highest BCUT2D eigenvalue weighted by Crippen LogP contribution is 2.51. The average Bonchev–Trinajstić information content (AvgIpc) is 1.56. The largest absolute Gasteiger partial charge is 0.309 e. The topological polar surface area (TPSA) is 91.0 Å². The molecule has 0 radical (unpaired) electrons. The third kappa shape index (κ3) is 11.4. The van der Waals surface area contributed by atoms with E-state index in [9.17, 15) is 0 Å². The fourth-order valence-electron chi connectivity index (χ4n) is 23.4. The number of pyridine rings is 2. The Morgan fingerprint density at radius 3 is 0.636 bits per heavy atom. The van der Waals surface area contributed by atoms with Crippen LogP contribution < -0.4 is 0 Å². The van der Waals surface area contributed by atoms with Crippen LogP contribution in [0, 0.1) is 0 Å². The summed E-state index contributed by atoms with van der Waals surface area (Å²) in [6.07, 6.45) is 8.06. The van der Waals surface area contributed by atoms with Gasteiger partial charge in [0.1, 0.15) is 0 Å². The first-order valence-electron chi connectivity index (χ1n) is 47.7. The van der Waals surface area contributed by atoms with Crippen LogP contribution in [0.1, 0.15) is 0 Å². The lowest BCUT2D eigenvalue weighted by Crippen LogP contribution is -2.04. The molecule has 12 heteroatoms. The van der Waals surface area contributed by atoms with Gasteiger partial charge in [-0.1, -0.05) is 273 Å². The van der Waals surface area contributed by atoms with Gasteiger partial charge in [0, 0.05) is 160 Å². The molecule has 0 bridgehead atoms. The van der Waals surface area contributed by atoms with Gasteiger partial charge in [-0.3, -0.25) is 9.97 Å². The normalized spacial score (nSPS) is 12.1. The number of aromatic nitrogens is 12. The van der Waals surface area contributed by atoms with Gasteiger partial charge in [-0.2, -0.15) is 0 Å². The van der Waals surface area contributed by atoms with Crippen molar-refractivity contribution in [3.8, 4) is 102 Å². The summed E-state index contributed by atoms with van der Waals surface area (Å²) in [6.45, 7) is 0. The van der Waals surface area contributed by atoms with Gasteiger partial charge in [0.05, 0.1) is 135 Å². The summed E-state index contributed by atoms with van der Waals surface area (Å²) >= 11 is 0. The molecular weight excluding hydrogens is 1710 g/mol. The second kappa shape index (κ2) is 30.2. The third-order valence-electron chi connectivity index (χ3n) is 29.4. The Bertz CT molecular complexity index is 9890. The van der Waals surface area contributed by atoms with E-state index in [0.29, 0.717) is 5.82 Å². The van der Waals surface area contributed by atoms with Crippen LogP contribution in [0.5, 0.6) is 0 Å². The predicted molar refractivity (Wildman–Crippen MR) is 580 cm³/mol. The maximum absolute atomic E-state index is 5.84. The average molecular weight is 1780 g/mol. The molecule has 0 spiro atoms. The van der Waals surface area contributed by atoms with E-state index in [4.69, 9.17) is 19.9 Å². The van der Waals surface area contributed by atoms with Crippen molar-refractivity contribution in [3.63, 3.8) is 0 Å². The van der Waals surface area contributed by atoms with Crippen molar-refractivity contribution < 1.29 is 0 Å². The van der Waals surface area contributed by atoms with E-state index in [2.05, 4.69) is 498 Å². The lowest BCUT2D eigenvalue weighted by Gasteiger charge is -2.20. The van der Waals surface area contributed by atoms with Crippen molar-refractivity contribution in [2.75, 3.05) is 0 Å². The summed E-state index contributed by atoms with van der Waals surface area (Å²) in [5.41, 5.74) is 33.7. The molecule has 0 amide bonds. The van der Waals surface area contributed by atoms with Gasteiger partial charge in [-0.25, -0.2) is 9.97 Å². The summed E-state index contributed by atoms with van der Waals surface area (Å²) < 4.78 is 19.7. The van der Waals surface area contributed by atoms with Gasteiger partial charge >= 0.3 is 0 Å². The van der Waals surface area contributed by atoms with Crippen molar-refractivity contribution in [2.45, 2.75) is 0 Å². The molecule has 0 saturated carbocycles. The quantitative estimate of drug-likeness (QED) is 0.115. The lowest BCUT2D eigenvalue weighted by atomic mass is 9.97. The molecule has 0 aliphatic heterocycles. The number of benzene rings is 19. The molecule has 30 aromatic rings. The minimum atomic E-state index is 0.585. The number of rotatable bonds is 13. The molecule has 0 fully saturated rings. The molecule has 0 N–H and O–H groups in total. The SMILES string of the molecule is c1ccc(-c2nc(-c3ccc(-c4ccncc4-n4c5ccccc5c5cc6c7ccccc7n(-c7ccccc7)c6cc54)c(-n4c5ccccc5c5cc6c7ccccc7n(-c7ccccc7)c6cc54)c3)cc(-c3ccc(-c4ccncc4-n4c5ccccc5c5cc6c7ccccc7n(-c7ccccc7)c6cc54)c(-n4c5ccccc5c5cc6c7ccccc7n(-c7ccccc7)c6cc54)c3)n2)cc1. The van der Waals surface area contributed by atoms with Gasteiger partial charge in [-0.15, -0.1) is 0 Å². The molecular formula is C128H78N12. The molecule has 650 valence electrons. The highest BCUT2D eigenvalue weighted by molar-refractivity contribution is 6.25. The van der Waals surface area contributed by atoms with Crippen LogP contribution in [-0.4, -0.2) is 56.5 Å². The summed E-state index contributed by atoms with van der Waals surface area (Å²) in [5, 5.41) is 18.6. The number of hydrogen-bond acceptors (Lipinski definition) is 4. The van der Waals surface area contributed by atoms with Crippen molar-refractivity contribution >= 4 is 174 Å². The minimum absolute atomic E-state index is 0.585. The molecule has 0 aliphatic carbocycles. The standard InChI is InChI=1S/C128H78N12/c1-6-32-79(33-7-1)128-131-106(80-58-60-94(116(66-80)137-112-54-28-20-46-90(112)102-68-98-86-42-16-24-50-108(86)133(118(98)73-122(102)137)82-34-8-2-9-35-82)96-62-64-129-77-126(96)139-114-56-30-22-48-92(114)104-70-100-88-44-18-26-52-110(88)135(120(100)75-124(104)139)84-38-12-4-13-39-84)72-107(132-128)81-59-61-95(117(67-81)138-113-55-29-21-47-91(113)103-69-99-87-43-17-25-51-109(87)134(119(99)74-123(103)138)83-36-10-3-11-37-83)97-63-65-130-78-127(97)140-115-57-31-23-49-93(115)105-71-101-89-45-19-27-53-111(89)136(121(101)76-125(105)140)85-40-14-5-15-41-85/h1-78H. The zero-order valence-electron chi connectivity index (χ0n) is 75.4. The molecule has 11 aromatic heterocycles.